The van der Waals surface area contributed by atoms with Gasteiger partial charge in [-0.15, -0.1) is 0 Å². The molecule has 1 unspecified atom stereocenters. The van der Waals surface area contributed by atoms with Gasteiger partial charge in [-0.2, -0.15) is 0 Å². The van der Waals surface area contributed by atoms with Crippen LogP contribution in [0.3, 0.4) is 0 Å². The lowest BCUT2D eigenvalue weighted by Gasteiger charge is -2.30. The van der Waals surface area contributed by atoms with Crippen molar-refractivity contribution in [1.82, 2.24) is 4.90 Å². The Balaban J connectivity index is 2.09. The zero-order chi connectivity index (χ0) is 13.8. The second kappa shape index (κ2) is 7.07. The topological polar surface area (TPSA) is 29.3 Å². The third-order valence-corrected chi connectivity index (χ3v) is 5.02. The zero-order valence-corrected chi connectivity index (χ0v) is 13.8. The lowest BCUT2D eigenvalue weighted by Crippen LogP contribution is -2.34. The monoisotopic (exact) mass is 344 g/mol. The molecule has 0 heterocycles. The molecule has 0 bridgehead atoms. The molecule has 4 heteroatoms. The van der Waals surface area contributed by atoms with Crippen LogP contribution in [0.4, 0.5) is 0 Å². The highest BCUT2D eigenvalue weighted by Crippen LogP contribution is 2.32. The first-order valence-corrected chi connectivity index (χ1v) is 8.14. The molecule has 2 rings (SSSR count). The Kier molecular flexibility index (Phi) is 5.70. The molecule has 106 valence electrons. The molecule has 0 aromatic heterocycles. The van der Waals surface area contributed by atoms with E-state index >= 15 is 0 Å². The summed E-state index contributed by atoms with van der Waals surface area (Å²) in [4.78, 5) is 2.39. The Labute approximate surface area is 129 Å². The van der Waals surface area contributed by atoms with E-state index in [1.54, 1.807) is 0 Å². The summed E-state index contributed by atoms with van der Waals surface area (Å²) in [5.41, 5.74) is 7.22. The van der Waals surface area contributed by atoms with Crippen molar-refractivity contribution >= 4 is 27.5 Å². The molecule has 0 spiro atoms. The summed E-state index contributed by atoms with van der Waals surface area (Å²) in [5.74, 6) is 0.838. The number of rotatable bonds is 5. The van der Waals surface area contributed by atoms with Gasteiger partial charge in [-0.05, 0) is 43.5 Å². The third kappa shape index (κ3) is 3.94. The van der Waals surface area contributed by atoms with Gasteiger partial charge in [0.25, 0.3) is 0 Å². The molecule has 0 aliphatic heterocycles. The van der Waals surface area contributed by atoms with Crippen molar-refractivity contribution in [1.29, 1.82) is 0 Å². The smallest absolute Gasteiger partial charge is 0.0478 e. The quantitative estimate of drug-likeness (QED) is 0.865. The van der Waals surface area contributed by atoms with Crippen molar-refractivity contribution in [3.05, 3.63) is 33.3 Å². The van der Waals surface area contributed by atoms with Crippen LogP contribution >= 0.6 is 27.5 Å². The second-order valence-corrected chi connectivity index (χ2v) is 6.80. The van der Waals surface area contributed by atoms with E-state index in [0.717, 1.165) is 22.0 Å². The fourth-order valence-electron chi connectivity index (χ4n) is 3.04. The average Bonchev–Trinajstić information content (AvgIpc) is 2.85. The van der Waals surface area contributed by atoms with Crippen LogP contribution in [-0.2, 0) is 0 Å². The van der Waals surface area contributed by atoms with Gasteiger partial charge in [0.05, 0.1) is 0 Å². The van der Waals surface area contributed by atoms with Gasteiger partial charge in [0.2, 0.25) is 0 Å². The Morgan fingerprint density at radius 1 is 1.42 bits per heavy atom. The molecule has 1 saturated carbocycles. The molecule has 1 aliphatic carbocycles. The predicted octanol–water partition coefficient (Wildman–Crippen LogP) is 4.22. The molecule has 1 aromatic carbocycles. The summed E-state index contributed by atoms with van der Waals surface area (Å²) in [7, 11) is 2.18. The van der Waals surface area contributed by atoms with Gasteiger partial charge >= 0.3 is 0 Å². The maximum Gasteiger partial charge on any atom is 0.0478 e. The van der Waals surface area contributed by atoms with Gasteiger partial charge in [0.15, 0.2) is 0 Å². The summed E-state index contributed by atoms with van der Waals surface area (Å²) in [6.07, 6.45) is 5.50. The highest BCUT2D eigenvalue weighted by Gasteiger charge is 2.23. The molecule has 1 fully saturated rings. The number of halogens is 2. The Bertz CT molecular complexity index is 419. The molecular formula is C15H22BrClN2. The van der Waals surface area contributed by atoms with Gasteiger partial charge in [0.1, 0.15) is 0 Å². The summed E-state index contributed by atoms with van der Waals surface area (Å²) >= 11 is 9.61. The maximum atomic E-state index is 6.01. The van der Waals surface area contributed by atoms with E-state index in [-0.39, 0.29) is 6.04 Å². The Morgan fingerprint density at radius 2 is 2.11 bits per heavy atom. The van der Waals surface area contributed by atoms with Gasteiger partial charge in [-0.1, -0.05) is 46.4 Å². The van der Waals surface area contributed by atoms with Crippen LogP contribution in [0.5, 0.6) is 0 Å². The lowest BCUT2D eigenvalue weighted by atomic mass is 10.0. The van der Waals surface area contributed by atoms with Crippen LogP contribution in [0.1, 0.15) is 37.3 Å². The van der Waals surface area contributed by atoms with E-state index in [4.69, 9.17) is 17.3 Å². The molecule has 0 amide bonds. The van der Waals surface area contributed by atoms with E-state index in [1.807, 2.05) is 12.1 Å². The number of nitrogens with two attached hydrogens (primary N) is 1. The van der Waals surface area contributed by atoms with Crippen molar-refractivity contribution in [2.24, 2.45) is 11.7 Å². The fourth-order valence-corrected chi connectivity index (χ4v) is 3.99. The normalized spacial score (nSPS) is 18.2. The van der Waals surface area contributed by atoms with E-state index in [2.05, 4.69) is 33.9 Å². The van der Waals surface area contributed by atoms with E-state index < -0.39 is 0 Å². The Hall–Kier alpha value is -0.0900. The minimum atomic E-state index is 0.257. The first-order chi connectivity index (χ1) is 9.11. The molecule has 1 aromatic rings. The number of likely N-dealkylation sites (N-methyl/N-ethyl adjacent to an activating group) is 1. The number of hydrogen-bond acceptors (Lipinski definition) is 2. The van der Waals surface area contributed by atoms with E-state index in [1.165, 1.54) is 31.2 Å². The van der Waals surface area contributed by atoms with Gasteiger partial charge < -0.3 is 5.73 Å². The Morgan fingerprint density at radius 3 is 2.68 bits per heavy atom. The average molecular weight is 346 g/mol. The zero-order valence-electron chi connectivity index (χ0n) is 11.4. The van der Waals surface area contributed by atoms with Crippen molar-refractivity contribution in [3.8, 4) is 0 Å². The minimum Gasteiger partial charge on any atom is -0.329 e. The fraction of sp³-hybridized carbons (Fsp3) is 0.600. The standard InChI is InChI=1S/C15H22BrClN2/c1-19(10-11-4-2-3-5-11)15(9-18)13-7-6-12(17)8-14(13)16/h6-8,11,15H,2-5,9-10,18H2,1H3. The second-order valence-electron chi connectivity index (χ2n) is 5.51. The van der Waals surface area contributed by atoms with Crippen LogP contribution < -0.4 is 5.73 Å². The SMILES string of the molecule is CN(CC1CCCC1)C(CN)c1ccc(Cl)cc1Br. The summed E-state index contributed by atoms with van der Waals surface area (Å²) in [6, 6.07) is 6.22. The molecule has 0 saturated heterocycles. The highest BCUT2D eigenvalue weighted by molar-refractivity contribution is 9.10. The lowest BCUT2D eigenvalue weighted by molar-refractivity contribution is 0.212. The van der Waals surface area contributed by atoms with Crippen LogP contribution in [0, 0.1) is 5.92 Å². The van der Waals surface area contributed by atoms with Gasteiger partial charge in [-0.3, -0.25) is 4.90 Å². The van der Waals surface area contributed by atoms with Crippen LogP contribution in [0.25, 0.3) is 0 Å². The molecule has 19 heavy (non-hydrogen) atoms. The molecule has 1 aliphatic rings. The van der Waals surface area contributed by atoms with Crippen LogP contribution in [0.15, 0.2) is 22.7 Å². The van der Waals surface area contributed by atoms with E-state index in [0.29, 0.717) is 6.54 Å². The first kappa shape index (κ1) is 15.3. The third-order valence-electron chi connectivity index (χ3n) is 4.10. The van der Waals surface area contributed by atoms with Crippen molar-refractivity contribution < 1.29 is 0 Å². The first-order valence-electron chi connectivity index (χ1n) is 6.97. The van der Waals surface area contributed by atoms with Gasteiger partial charge in [-0.25, -0.2) is 0 Å². The van der Waals surface area contributed by atoms with Crippen molar-refractivity contribution in [2.45, 2.75) is 31.7 Å². The maximum absolute atomic E-state index is 6.01. The van der Waals surface area contributed by atoms with Crippen LogP contribution in [-0.4, -0.2) is 25.0 Å². The number of nitrogens with zero attached hydrogens (tertiary/aromatic N) is 1. The highest BCUT2D eigenvalue weighted by atomic mass is 79.9. The molecule has 2 N–H and O–H groups in total. The molecule has 0 radical (unpaired) electrons. The summed E-state index contributed by atoms with van der Waals surface area (Å²) in [6.45, 7) is 1.76. The predicted molar refractivity (Wildman–Crippen MR) is 85.5 cm³/mol. The van der Waals surface area contributed by atoms with Gasteiger partial charge in [0, 0.05) is 28.6 Å². The van der Waals surface area contributed by atoms with Crippen LogP contribution in [0.2, 0.25) is 5.02 Å². The molecular weight excluding hydrogens is 324 g/mol. The number of hydrogen-bond donors (Lipinski definition) is 1. The van der Waals surface area contributed by atoms with E-state index in [9.17, 15) is 0 Å². The largest absolute Gasteiger partial charge is 0.329 e. The number of benzene rings is 1. The van der Waals surface area contributed by atoms with Crippen molar-refractivity contribution in [3.63, 3.8) is 0 Å². The van der Waals surface area contributed by atoms with Crippen molar-refractivity contribution in [2.75, 3.05) is 20.1 Å². The minimum absolute atomic E-state index is 0.257. The summed E-state index contributed by atoms with van der Waals surface area (Å²) < 4.78 is 1.05. The summed E-state index contributed by atoms with van der Waals surface area (Å²) in [5, 5.41) is 0.754. The molecule has 1 atom stereocenters. The molecule has 2 nitrogen and oxygen atoms in total.